The van der Waals surface area contributed by atoms with Crippen LogP contribution in [0, 0.1) is 0 Å². The molecule has 0 spiro atoms. The number of methoxy groups -OCH3 is 1. The van der Waals surface area contributed by atoms with Gasteiger partial charge in [0.15, 0.2) is 0 Å². The highest BCUT2D eigenvalue weighted by atomic mass is 16.5. The van der Waals surface area contributed by atoms with E-state index < -0.39 is 0 Å². The highest BCUT2D eigenvalue weighted by Gasteiger charge is 2.19. The molecule has 0 aliphatic heterocycles. The Hall–Kier alpha value is -2.22. The lowest BCUT2D eigenvalue weighted by Gasteiger charge is -2.16. The molecule has 0 saturated heterocycles. The van der Waals surface area contributed by atoms with E-state index in [0.29, 0.717) is 0 Å². The van der Waals surface area contributed by atoms with E-state index in [1.54, 1.807) is 18.4 Å². The summed E-state index contributed by atoms with van der Waals surface area (Å²) in [6, 6.07) is 17.3. The topological polar surface area (TPSA) is 14.2 Å². The molecule has 0 unspecified atom stereocenters. The zero-order chi connectivity index (χ0) is 14.9. The van der Waals surface area contributed by atoms with Crippen LogP contribution in [0.1, 0.15) is 29.7 Å². The van der Waals surface area contributed by atoms with Crippen LogP contribution in [0.15, 0.2) is 48.5 Å². The predicted molar refractivity (Wildman–Crippen MR) is 90.7 cm³/mol. The zero-order valence-corrected chi connectivity index (χ0v) is 13.0. The third-order valence-electron chi connectivity index (χ3n) is 4.78. The molecule has 1 aliphatic carbocycles. The van der Waals surface area contributed by atoms with E-state index in [0.717, 1.165) is 12.3 Å². The Morgan fingerprint density at radius 3 is 2.55 bits per heavy atom. The van der Waals surface area contributed by atoms with Crippen LogP contribution in [0.5, 0.6) is 5.75 Å². The van der Waals surface area contributed by atoms with E-state index in [-0.39, 0.29) is 0 Å². The van der Waals surface area contributed by atoms with Crippen molar-refractivity contribution in [3.63, 3.8) is 0 Å². The number of hydrogen-bond donors (Lipinski definition) is 0. The van der Waals surface area contributed by atoms with E-state index in [9.17, 15) is 0 Å². The van der Waals surface area contributed by atoms with Crippen LogP contribution in [-0.4, -0.2) is 11.7 Å². The summed E-state index contributed by atoms with van der Waals surface area (Å²) in [5.74, 6) is 0.920. The lowest BCUT2D eigenvalue weighted by molar-refractivity contribution is 0.414. The number of nitrogens with zero attached hydrogens (tertiary/aromatic N) is 1. The number of fused-ring (bicyclic) bond motifs is 3. The van der Waals surface area contributed by atoms with Crippen molar-refractivity contribution in [3.05, 3.63) is 65.4 Å². The summed E-state index contributed by atoms with van der Waals surface area (Å²) in [6.07, 6.45) is 5.07. The van der Waals surface area contributed by atoms with Crippen molar-refractivity contribution >= 4 is 10.9 Å². The number of hydrogen-bond acceptors (Lipinski definition) is 1. The number of aryl methyl sites for hydroxylation is 1. The average Bonchev–Trinajstić information content (AvgIpc) is 2.90. The lowest BCUT2D eigenvalue weighted by atomic mass is 9.95. The molecule has 0 N–H and O–H groups in total. The van der Waals surface area contributed by atoms with Crippen molar-refractivity contribution in [2.75, 3.05) is 7.11 Å². The van der Waals surface area contributed by atoms with E-state index >= 15 is 0 Å². The lowest BCUT2D eigenvalue weighted by Crippen LogP contribution is -2.09. The predicted octanol–water partition coefficient (Wildman–Crippen LogP) is 4.58. The third kappa shape index (κ3) is 2.19. The summed E-state index contributed by atoms with van der Waals surface area (Å²) in [5, 5.41) is 1.45. The summed E-state index contributed by atoms with van der Waals surface area (Å²) in [6.45, 7) is 0.944. The van der Waals surface area contributed by atoms with Gasteiger partial charge in [-0.3, -0.25) is 0 Å². The summed E-state index contributed by atoms with van der Waals surface area (Å²) in [5.41, 5.74) is 5.83. The first-order chi connectivity index (χ1) is 10.9. The van der Waals surface area contributed by atoms with Crippen molar-refractivity contribution < 1.29 is 4.74 Å². The van der Waals surface area contributed by atoms with E-state index in [1.165, 1.54) is 42.1 Å². The van der Waals surface area contributed by atoms with Crippen molar-refractivity contribution in [1.82, 2.24) is 4.57 Å². The third-order valence-corrected chi connectivity index (χ3v) is 4.78. The standard InChI is InChI=1S/C20H21NO/c1-22-16-12-10-15(11-13-16)14-21-19-8-4-2-6-17(19)18-7-3-5-9-20(18)21/h2,4,6,8,10-13H,3,5,7,9,14H2,1H3. The van der Waals surface area contributed by atoms with Crippen LogP contribution < -0.4 is 4.74 Å². The Balaban J connectivity index is 1.80. The summed E-state index contributed by atoms with van der Waals surface area (Å²) in [7, 11) is 1.71. The van der Waals surface area contributed by atoms with Gasteiger partial charge in [-0.1, -0.05) is 30.3 Å². The van der Waals surface area contributed by atoms with E-state index in [2.05, 4.69) is 41.0 Å². The van der Waals surface area contributed by atoms with Gasteiger partial charge in [-0.2, -0.15) is 0 Å². The molecule has 2 heteroatoms. The normalized spacial score (nSPS) is 14.0. The molecule has 1 heterocycles. The van der Waals surface area contributed by atoms with Crippen molar-refractivity contribution in [2.24, 2.45) is 0 Å². The first-order valence-electron chi connectivity index (χ1n) is 8.09. The van der Waals surface area contributed by atoms with Gasteiger partial charge in [0, 0.05) is 23.1 Å². The highest BCUT2D eigenvalue weighted by Crippen LogP contribution is 2.32. The zero-order valence-electron chi connectivity index (χ0n) is 13.0. The van der Waals surface area contributed by atoms with Gasteiger partial charge in [-0.05, 0) is 55.0 Å². The molecule has 112 valence electrons. The van der Waals surface area contributed by atoms with Crippen LogP contribution in [0.3, 0.4) is 0 Å². The van der Waals surface area contributed by atoms with Crippen LogP contribution in [-0.2, 0) is 19.4 Å². The van der Waals surface area contributed by atoms with Gasteiger partial charge < -0.3 is 9.30 Å². The van der Waals surface area contributed by atoms with Crippen LogP contribution in [0.25, 0.3) is 10.9 Å². The Labute approximate surface area is 131 Å². The molecule has 0 radical (unpaired) electrons. The molecule has 3 aromatic rings. The van der Waals surface area contributed by atoms with Gasteiger partial charge in [0.1, 0.15) is 5.75 Å². The molecule has 1 aliphatic rings. The van der Waals surface area contributed by atoms with Gasteiger partial charge >= 0.3 is 0 Å². The first-order valence-corrected chi connectivity index (χ1v) is 8.09. The maximum atomic E-state index is 5.26. The van der Waals surface area contributed by atoms with Gasteiger partial charge in [0.25, 0.3) is 0 Å². The molecule has 22 heavy (non-hydrogen) atoms. The molecular weight excluding hydrogens is 270 g/mol. The molecule has 0 bridgehead atoms. The Bertz CT molecular complexity index is 798. The smallest absolute Gasteiger partial charge is 0.118 e. The largest absolute Gasteiger partial charge is 0.497 e. The van der Waals surface area contributed by atoms with Crippen LogP contribution >= 0.6 is 0 Å². The number of para-hydroxylation sites is 1. The second-order valence-corrected chi connectivity index (χ2v) is 6.08. The molecule has 0 amide bonds. The maximum absolute atomic E-state index is 5.26. The van der Waals surface area contributed by atoms with Gasteiger partial charge in [-0.25, -0.2) is 0 Å². The quantitative estimate of drug-likeness (QED) is 0.689. The average molecular weight is 291 g/mol. The number of ether oxygens (including phenoxy) is 1. The second kappa shape index (κ2) is 5.53. The number of rotatable bonds is 3. The molecule has 0 fully saturated rings. The molecular formula is C20H21NO. The highest BCUT2D eigenvalue weighted by molar-refractivity contribution is 5.86. The minimum atomic E-state index is 0.920. The summed E-state index contributed by atoms with van der Waals surface area (Å²) >= 11 is 0. The Kier molecular flexibility index (Phi) is 3.38. The molecule has 2 aromatic carbocycles. The minimum Gasteiger partial charge on any atom is -0.497 e. The fourth-order valence-electron chi connectivity index (χ4n) is 3.68. The van der Waals surface area contributed by atoms with E-state index in [1.807, 2.05) is 12.1 Å². The van der Waals surface area contributed by atoms with Crippen molar-refractivity contribution in [1.29, 1.82) is 0 Å². The number of benzene rings is 2. The minimum absolute atomic E-state index is 0.920. The second-order valence-electron chi connectivity index (χ2n) is 6.08. The first kappa shape index (κ1) is 13.4. The molecule has 0 saturated carbocycles. The fourth-order valence-corrected chi connectivity index (χ4v) is 3.68. The molecule has 1 aromatic heterocycles. The fraction of sp³-hybridized carbons (Fsp3) is 0.300. The summed E-state index contributed by atoms with van der Waals surface area (Å²) in [4.78, 5) is 0. The SMILES string of the molecule is COc1ccc(Cn2c3c(c4ccccc42)CCCC3)cc1. The van der Waals surface area contributed by atoms with Crippen LogP contribution in [0.2, 0.25) is 0 Å². The molecule has 2 nitrogen and oxygen atoms in total. The van der Waals surface area contributed by atoms with Crippen LogP contribution in [0.4, 0.5) is 0 Å². The molecule has 4 rings (SSSR count). The van der Waals surface area contributed by atoms with E-state index in [4.69, 9.17) is 4.74 Å². The monoisotopic (exact) mass is 291 g/mol. The molecule has 0 atom stereocenters. The van der Waals surface area contributed by atoms with Gasteiger partial charge in [-0.15, -0.1) is 0 Å². The Morgan fingerprint density at radius 1 is 0.955 bits per heavy atom. The number of aromatic nitrogens is 1. The van der Waals surface area contributed by atoms with Crippen molar-refractivity contribution in [3.8, 4) is 5.75 Å². The van der Waals surface area contributed by atoms with Gasteiger partial charge in [0.05, 0.1) is 7.11 Å². The summed E-state index contributed by atoms with van der Waals surface area (Å²) < 4.78 is 7.78. The maximum Gasteiger partial charge on any atom is 0.118 e. The Morgan fingerprint density at radius 2 is 1.73 bits per heavy atom. The van der Waals surface area contributed by atoms with Gasteiger partial charge in [0.2, 0.25) is 0 Å². The van der Waals surface area contributed by atoms with Crippen molar-refractivity contribution in [2.45, 2.75) is 32.2 Å².